The second-order valence-electron chi connectivity index (χ2n) is 5.12. The Kier molecular flexibility index (Phi) is 4.93. The number of nitrogens with one attached hydrogen (secondary N) is 1. The molecular formula is C14H19BrClNO. The molecule has 2 N–H and O–H groups in total. The summed E-state index contributed by atoms with van der Waals surface area (Å²) >= 11 is 9.38. The molecular weight excluding hydrogens is 314 g/mol. The molecule has 0 spiro atoms. The average molecular weight is 333 g/mol. The van der Waals surface area contributed by atoms with Gasteiger partial charge in [0.25, 0.3) is 0 Å². The Hall–Kier alpha value is -0.250. The lowest BCUT2D eigenvalue weighted by Gasteiger charge is -2.27. The minimum absolute atomic E-state index is 0.560. The SMILES string of the molecule is OC1(CNc2ccc(Cl)cc2Br)CCCCCC1. The maximum Gasteiger partial charge on any atom is 0.0819 e. The third-order valence-electron chi connectivity index (χ3n) is 3.57. The Bertz CT molecular complexity index is 403. The van der Waals surface area contributed by atoms with Crippen molar-refractivity contribution in [1.29, 1.82) is 0 Å². The van der Waals surface area contributed by atoms with Crippen molar-refractivity contribution in [2.45, 2.75) is 44.1 Å². The van der Waals surface area contributed by atoms with Gasteiger partial charge in [-0.3, -0.25) is 0 Å². The van der Waals surface area contributed by atoms with E-state index >= 15 is 0 Å². The summed E-state index contributed by atoms with van der Waals surface area (Å²) in [6.45, 7) is 0.604. The number of benzene rings is 1. The second kappa shape index (κ2) is 6.27. The van der Waals surface area contributed by atoms with Crippen LogP contribution in [0.3, 0.4) is 0 Å². The quantitative estimate of drug-likeness (QED) is 0.793. The molecule has 0 aromatic heterocycles. The summed E-state index contributed by atoms with van der Waals surface area (Å²) in [4.78, 5) is 0. The van der Waals surface area contributed by atoms with E-state index in [4.69, 9.17) is 11.6 Å². The summed E-state index contributed by atoms with van der Waals surface area (Å²) in [6, 6.07) is 5.65. The Morgan fingerprint density at radius 3 is 2.50 bits per heavy atom. The molecule has 2 rings (SSSR count). The van der Waals surface area contributed by atoms with Gasteiger partial charge in [0.05, 0.1) is 5.60 Å². The molecule has 0 amide bonds. The largest absolute Gasteiger partial charge is 0.388 e. The molecule has 0 heterocycles. The van der Waals surface area contributed by atoms with Gasteiger partial charge in [-0.05, 0) is 47.0 Å². The highest BCUT2D eigenvalue weighted by Crippen LogP contribution is 2.30. The van der Waals surface area contributed by atoms with Crippen LogP contribution in [0.5, 0.6) is 0 Å². The second-order valence-corrected chi connectivity index (χ2v) is 6.41. The zero-order valence-corrected chi connectivity index (χ0v) is 12.7. The van der Waals surface area contributed by atoms with Gasteiger partial charge < -0.3 is 10.4 Å². The van der Waals surface area contributed by atoms with Crippen molar-refractivity contribution in [2.24, 2.45) is 0 Å². The summed E-state index contributed by atoms with van der Waals surface area (Å²) in [6.07, 6.45) is 6.52. The third kappa shape index (κ3) is 3.87. The monoisotopic (exact) mass is 331 g/mol. The fourth-order valence-corrected chi connectivity index (χ4v) is 3.28. The minimum atomic E-state index is -0.560. The molecule has 2 nitrogen and oxygen atoms in total. The lowest BCUT2D eigenvalue weighted by atomic mass is 9.94. The van der Waals surface area contributed by atoms with Crippen LogP contribution in [0.25, 0.3) is 0 Å². The molecule has 1 aliphatic carbocycles. The zero-order valence-electron chi connectivity index (χ0n) is 10.4. The number of rotatable bonds is 3. The summed E-state index contributed by atoms with van der Waals surface area (Å²) in [5.41, 5.74) is 0.423. The number of anilines is 1. The summed E-state index contributed by atoms with van der Waals surface area (Å²) in [5.74, 6) is 0. The molecule has 1 aromatic rings. The van der Waals surface area contributed by atoms with Crippen LogP contribution in [-0.4, -0.2) is 17.3 Å². The van der Waals surface area contributed by atoms with E-state index < -0.39 is 5.60 Å². The Balaban J connectivity index is 1.97. The van der Waals surface area contributed by atoms with Crippen LogP contribution in [0.1, 0.15) is 38.5 Å². The summed E-state index contributed by atoms with van der Waals surface area (Å²) in [7, 11) is 0. The van der Waals surface area contributed by atoms with E-state index in [1.807, 2.05) is 18.2 Å². The first kappa shape index (κ1) is 14.2. The van der Waals surface area contributed by atoms with Gasteiger partial charge in [-0.1, -0.05) is 37.3 Å². The molecule has 0 bridgehead atoms. The summed E-state index contributed by atoms with van der Waals surface area (Å²) in [5, 5.41) is 14.6. The third-order valence-corrected chi connectivity index (χ3v) is 4.46. The predicted octanol–water partition coefficient (Wildman–Crippen LogP) is 4.60. The van der Waals surface area contributed by atoms with Crippen LogP contribution in [-0.2, 0) is 0 Å². The van der Waals surface area contributed by atoms with Crippen LogP contribution in [0.2, 0.25) is 5.02 Å². The minimum Gasteiger partial charge on any atom is -0.388 e. The molecule has 1 saturated carbocycles. The number of aliphatic hydroxyl groups is 1. The van der Waals surface area contributed by atoms with Gasteiger partial charge in [0.1, 0.15) is 0 Å². The van der Waals surface area contributed by atoms with Crippen LogP contribution >= 0.6 is 27.5 Å². The molecule has 1 aromatic carbocycles. The Morgan fingerprint density at radius 2 is 1.89 bits per heavy atom. The van der Waals surface area contributed by atoms with Crippen LogP contribution in [0.15, 0.2) is 22.7 Å². The number of hydrogen-bond donors (Lipinski definition) is 2. The molecule has 0 radical (unpaired) electrons. The fraction of sp³-hybridized carbons (Fsp3) is 0.571. The van der Waals surface area contributed by atoms with Crippen molar-refractivity contribution in [2.75, 3.05) is 11.9 Å². The molecule has 0 unspecified atom stereocenters. The highest BCUT2D eigenvalue weighted by molar-refractivity contribution is 9.10. The highest BCUT2D eigenvalue weighted by atomic mass is 79.9. The van der Waals surface area contributed by atoms with Gasteiger partial charge >= 0.3 is 0 Å². The van der Waals surface area contributed by atoms with Gasteiger partial charge in [-0.2, -0.15) is 0 Å². The van der Waals surface area contributed by atoms with Gasteiger partial charge in [-0.25, -0.2) is 0 Å². The van der Waals surface area contributed by atoms with E-state index in [0.29, 0.717) is 11.6 Å². The van der Waals surface area contributed by atoms with E-state index in [0.717, 1.165) is 35.8 Å². The van der Waals surface area contributed by atoms with Gasteiger partial charge in [0, 0.05) is 21.7 Å². The zero-order chi connectivity index (χ0) is 13.0. The molecule has 0 atom stereocenters. The Morgan fingerprint density at radius 1 is 1.22 bits per heavy atom. The molecule has 4 heteroatoms. The lowest BCUT2D eigenvalue weighted by molar-refractivity contribution is 0.0381. The normalized spacial score (nSPS) is 19.3. The first-order valence-corrected chi connectivity index (χ1v) is 7.67. The van der Waals surface area contributed by atoms with Crippen molar-refractivity contribution < 1.29 is 5.11 Å². The smallest absolute Gasteiger partial charge is 0.0819 e. The topological polar surface area (TPSA) is 32.3 Å². The maximum absolute atomic E-state index is 10.6. The van der Waals surface area contributed by atoms with E-state index in [9.17, 15) is 5.11 Å². The van der Waals surface area contributed by atoms with Crippen LogP contribution in [0.4, 0.5) is 5.69 Å². The number of halogens is 2. The molecule has 1 fully saturated rings. The predicted molar refractivity (Wildman–Crippen MR) is 80.3 cm³/mol. The first-order valence-electron chi connectivity index (χ1n) is 6.50. The van der Waals surface area contributed by atoms with Crippen molar-refractivity contribution in [1.82, 2.24) is 0 Å². The Labute approximate surface area is 122 Å². The molecule has 100 valence electrons. The van der Waals surface area contributed by atoms with E-state index in [-0.39, 0.29) is 0 Å². The highest BCUT2D eigenvalue weighted by Gasteiger charge is 2.27. The van der Waals surface area contributed by atoms with Gasteiger partial charge in [0.15, 0.2) is 0 Å². The van der Waals surface area contributed by atoms with Crippen molar-refractivity contribution in [3.63, 3.8) is 0 Å². The molecule has 0 saturated heterocycles. The first-order chi connectivity index (χ1) is 8.59. The molecule has 0 aliphatic heterocycles. The van der Waals surface area contributed by atoms with Gasteiger partial charge in [-0.15, -0.1) is 0 Å². The molecule has 1 aliphatic rings. The standard InChI is InChI=1S/C14H19BrClNO/c15-12-9-11(16)5-6-13(12)17-10-14(18)7-3-1-2-4-8-14/h5-6,9,17-18H,1-4,7-8,10H2. The van der Waals surface area contributed by atoms with Crippen LogP contribution in [0, 0.1) is 0 Å². The van der Waals surface area contributed by atoms with E-state index in [2.05, 4.69) is 21.2 Å². The van der Waals surface area contributed by atoms with Crippen LogP contribution < -0.4 is 5.32 Å². The van der Waals surface area contributed by atoms with Crippen molar-refractivity contribution >= 4 is 33.2 Å². The lowest BCUT2D eigenvalue weighted by Crippen LogP contribution is -2.36. The maximum atomic E-state index is 10.6. The number of hydrogen-bond acceptors (Lipinski definition) is 2. The fourth-order valence-electron chi connectivity index (χ4n) is 2.46. The van der Waals surface area contributed by atoms with Crippen molar-refractivity contribution in [3.05, 3.63) is 27.7 Å². The molecule has 18 heavy (non-hydrogen) atoms. The summed E-state index contributed by atoms with van der Waals surface area (Å²) < 4.78 is 0.937. The van der Waals surface area contributed by atoms with Gasteiger partial charge in [0.2, 0.25) is 0 Å². The average Bonchev–Trinajstić information content (AvgIpc) is 2.54. The van der Waals surface area contributed by atoms with E-state index in [1.165, 1.54) is 12.8 Å². The van der Waals surface area contributed by atoms with E-state index in [1.54, 1.807) is 0 Å². The van der Waals surface area contributed by atoms with Crippen molar-refractivity contribution in [3.8, 4) is 0 Å².